The number of ether oxygens (including phenoxy) is 3. The van der Waals surface area contributed by atoms with Crippen molar-refractivity contribution in [3.05, 3.63) is 123 Å². The van der Waals surface area contributed by atoms with E-state index in [2.05, 4.69) is 68.9 Å². The van der Waals surface area contributed by atoms with E-state index in [9.17, 15) is 10.4 Å². The molecule has 3 aromatic carbocycles. The summed E-state index contributed by atoms with van der Waals surface area (Å²) in [6.45, 7) is 10.3. The Kier molecular flexibility index (Phi) is 11.6. The first-order valence-electron chi connectivity index (χ1n) is 18.2. The number of imidazole rings is 1. The Morgan fingerprint density at radius 1 is 0.925 bits per heavy atom. The van der Waals surface area contributed by atoms with Crippen molar-refractivity contribution in [2.45, 2.75) is 65.5 Å². The van der Waals surface area contributed by atoms with Crippen LogP contribution in [-0.4, -0.2) is 68.7 Å². The summed E-state index contributed by atoms with van der Waals surface area (Å²) in [5, 5.41) is 19.7. The molecular weight excluding hydrogens is 688 g/mol. The zero-order chi connectivity index (χ0) is 36.7. The molecule has 0 unspecified atom stereocenters. The number of aromatic nitrogens is 3. The molecule has 2 aromatic heterocycles. The van der Waals surface area contributed by atoms with E-state index in [1.165, 1.54) is 11.9 Å². The quantitative estimate of drug-likeness (QED) is 0.115. The molecular formula is C42H45ClN6O4. The van der Waals surface area contributed by atoms with Crippen molar-refractivity contribution < 1.29 is 19.3 Å². The van der Waals surface area contributed by atoms with Crippen molar-refractivity contribution in [1.82, 2.24) is 24.8 Å². The molecule has 5 aromatic rings. The van der Waals surface area contributed by atoms with Crippen LogP contribution in [0.1, 0.15) is 57.6 Å². The van der Waals surface area contributed by atoms with Crippen molar-refractivity contribution in [2.75, 3.05) is 32.8 Å². The van der Waals surface area contributed by atoms with Crippen molar-refractivity contribution >= 4 is 11.6 Å². The van der Waals surface area contributed by atoms with Crippen LogP contribution in [0.15, 0.2) is 73.3 Å². The molecule has 4 heterocycles. The van der Waals surface area contributed by atoms with Crippen LogP contribution in [-0.2, 0) is 32.7 Å². The maximum absolute atomic E-state index is 9.81. The number of likely N-dealkylation sites (tertiary alicyclic amines) is 1. The van der Waals surface area contributed by atoms with Gasteiger partial charge in [-0.15, -0.1) is 0 Å². The van der Waals surface area contributed by atoms with E-state index in [1.54, 1.807) is 18.6 Å². The first kappa shape index (κ1) is 36.4. The molecule has 0 saturated carbocycles. The minimum Gasteiger partial charge on any atom is -0.493 e. The SMILES string of the molecule is Cc1c(COc2cc(OCc3cncc(C#N)c3)c(CN3CCc4[nH]cnc4C3)cc2Cl)cccc1-c1cccc(OCCCN2CC[C@@H](O)C2)c1C. The van der Waals surface area contributed by atoms with Crippen LogP contribution >= 0.6 is 11.6 Å². The fourth-order valence-electron chi connectivity index (χ4n) is 7.21. The molecule has 0 bridgehead atoms. The second kappa shape index (κ2) is 16.8. The zero-order valence-electron chi connectivity index (χ0n) is 30.3. The number of rotatable bonds is 14. The number of pyridine rings is 1. The molecule has 1 saturated heterocycles. The number of H-pyrrole nitrogens is 1. The van der Waals surface area contributed by atoms with Crippen LogP contribution in [0.5, 0.6) is 17.2 Å². The van der Waals surface area contributed by atoms with Gasteiger partial charge >= 0.3 is 0 Å². The number of β-amino-alcohol motifs (C(OH)–C–C–N with tert-alkyl or cyclic N) is 1. The lowest BCUT2D eigenvalue weighted by Crippen LogP contribution is -2.30. The topological polar surface area (TPSA) is 120 Å². The number of hydrogen-bond donors (Lipinski definition) is 2. The predicted molar refractivity (Wildman–Crippen MR) is 204 cm³/mol. The van der Waals surface area contributed by atoms with Gasteiger partial charge in [0.1, 0.15) is 36.5 Å². The summed E-state index contributed by atoms with van der Waals surface area (Å²) in [6.07, 6.45) is 7.46. The summed E-state index contributed by atoms with van der Waals surface area (Å²) < 4.78 is 19.1. The fraction of sp³-hybridized carbons (Fsp3) is 0.357. The van der Waals surface area contributed by atoms with Crippen LogP contribution < -0.4 is 14.2 Å². The Morgan fingerprint density at radius 2 is 1.75 bits per heavy atom. The van der Waals surface area contributed by atoms with Crippen LogP contribution in [0.2, 0.25) is 5.02 Å². The van der Waals surface area contributed by atoms with Gasteiger partial charge in [0.05, 0.1) is 35.3 Å². The minimum atomic E-state index is -0.200. The molecule has 2 N–H and O–H groups in total. The van der Waals surface area contributed by atoms with E-state index in [4.69, 9.17) is 25.8 Å². The number of fused-ring (bicyclic) bond motifs is 1. The van der Waals surface area contributed by atoms with E-state index in [0.29, 0.717) is 41.8 Å². The molecule has 2 aliphatic rings. The minimum absolute atomic E-state index is 0.200. The Balaban J connectivity index is 1.06. The van der Waals surface area contributed by atoms with E-state index in [0.717, 1.165) is 102 Å². The van der Waals surface area contributed by atoms with Gasteiger partial charge in [-0.25, -0.2) is 4.98 Å². The lowest BCUT2D eigenvalue weighted by atomic mass is 9.93. The summed E-state index contributed by atoms with van der Waals surface area (Å²) in [5.74, 6) is 2.08. The number of aliphatic hydroxyl groups is 1. The lowest BCUT2D eigenvalue weighted by Gasteiger charge is -2.27. The number of aliphatic hydroxyl groups excluding tert-OH is 1. The number of nitrogens with zero attached hydrogens (tertiary/aromatic N) is 5. The Bertz CT molecular complexity index is 2090. The number of halogens is 1. The third-order valence-electron chi connectivity index (χ3n) is 10.2. The largest absolute Gasteiger partial charge is 0.493 e. The molecule has 1 fully saturated rings. The highest BCUT2D eigenvalue weighted by Gasteiger charge is 2.22. The highest BCUT2D eigenvalue weighted by Crippen LogP contribution is 2.37. The molecule has 10 nitrogen and oxygen atoms in total. The highest BCUT2D eigenvalue weighted by atomic mass is 35.5. The Hall–Kier alpha value is -4.92. The number of aromatic amines is 1. The standard InChI is InChI=1S/C42H45ClN6O4/c1-28-32(6-3-7-35(28)36-8-4-9-40(29(36)2)51-15-5-12-48-13-10-34(50)23-48)26-53-42-18-41(52-25-31-16-30(19-44)20-45-21-31)33(17-37(42)43)22-49-14-11-38-39(24-49)47-27-46-38/h3-4,6-9,16-18,20-21,27,34,50H,5,10-15,22-26H2,1-2H3,(H,46,47)/t34-/m1/s1. The molecule has 2 aliphatic heterocycles. The van der Waals surface area contributed by atoms with Crippen LogP contribution in [0.4, 0.5) is 0 Å². The van der Waals surface area contributed by atoms with E-state index < -0.39 is 0 Å². The first-order chi connectivity index (χ1) is 25.8. The van der Waals surface area contributed by atoms with Gasteiger partial charge in [-0.3, -0.25) is 9.88 Å². The molecule has 274 valence electrons. The average Bonchev–Trinajstić information content (AvgIpc) is 3.82. The number of benzene rings is 3. The molecule has 11 heteroatoms. The van der Waals surface area contributed by atoms with Gasteiger partial charge in [0.25, 0.3) is 0 Å². The van der Waals surface area contributed by atoms with Gasteiger partial charge in [0.2, 0.25) is 0 Å². The maximum Gasteiger partial charge on any atom is 0.142 e. The average molecular weight is 733 g/mol. The molecule has 1 atom stereocenters. The van der Waals surface area contributed by atoms with Gasteiger partial charge in [-0.05, 0) is 72.7 Å². The van der Waals surface area contributed by atoms with Crippen molar-refractivity contribution in [2.24, 2.45) is 0 Å². The Morgan fingerprint density at radius 3 is 2.58 bits per heavy atom. The van der Waals surface area contributed by atoms with Gasteiger partial charge in [0.15, 0.2) is 0 Å². The molecule has 0 spiro atoms. The number of hydrogen-bond acceptors (Lipinski definition) is 9. The molecule has 0 aliphatic carbocycles. The molecule has 0 radical (unpaired) electrons. The first-order valence-corrected chi connectivity index (χ1v) is 18.6. The van der Waals surface area contributed by atoms with Gasteiger partial charge < -0.3 is 29.2 Å². The Labute approximate surface area is 315 Å². The number of nitriles is 1. The van der Waals surface area contributed by atoms with Crippen molar-refractivity contribution in [3.63, 3.8) is 0 Å². The van der Waals surface area contributed by atoms with Crippen LogP contribution in [0.25, 0.3) is 11.1 Å². The zero-order valence-corrected chi connectivity index (χ0v) is 31.0. The van der Waals surface area contributed by atoms with E-state index in [1.807, 2.05) is 24.3 Å². The monoisotopic (exact) mass is 732 g/mol. The predicted octanol–water partition coefficient (Wildman–Crippen LogP) is 7.17. The summed E-state index contributed by atoms with van der Waals surface area (Å²) in [5.41, 5.74) is 9.98. The van der Waals surface area contributed by atoms with Crippen molar-refractivity contribution in [3.8, 4) is 34.4 Å². The summed E-state index contributed by atoms with van der Waals surface area (Å²) in [6, 6.07) is 20.2. The van der Waals surface area contributed by atoms with Gasteiger partial charge in [-0.2, -0.15) is 5.26 Å². The van der Waals surface area contributed by atoms with Crippen LogP contribution in [0, 0.1) is 25.2 Å². The van der Waals surface area contributed by atoms with E-state index >= 15 is 0 Å². The molecule has 7 rings (SSSR count). The third kappa shape index (κ3) is 8.83. The maximum atomic E-state index is 9.81. The highest BCUT2D eigenvalue weighted by molar-refractivity contribution is 6.32. The van der Waals surface area contributed by atoms with Gasteiger partial charge in [-0.1, -0.05) is 41.9 Å². The van der Waals surface area contributed by atoms with E-state index in [-0.39, 0.29) is 12.7 Å². The fourth-order valence-corrected chi connectivity index (χ4v) is 7.45. The summed E-state index contributed by atoms with van der Waals surface area (Å²) >= 11 is 6.92. The number of nitrogens with one attached hydrogen (secondary N) is 1. The molecule has 53 heavy (non-hydrogen) atoms. The van der Waals surface area contributed by atoms with Crippen molar-refractivity contribution in [1.29, 1.82) is 5.26 Å². The second-order valence-electron chi connectivity index (χ2n) is 13.9. The van der Waals surface area contributed by atoms with Gasteiger partial charge in [0, 0.05) is 81.0 Å². The molecule has 0 amide bonds. The summed E-state index contributed by atoms with van der Waals surface area (Å²) in [7, 11) is 0. The lowest BCUT2D eigenvalue weighted by molar-refractivity contribution is 0.173. The van der Waals surface area contributed by atoms with Crippen LogP contribution in [0.3, 0.4) is 0 Å². The third-order valence-corrected chi connectivity index (χ3v) is 10.5. The normalized spacial score (nSPS) is 15.9. The smallest absolute Gasteiger partial charge is 0.142 e. The summed E-state index contributed by atoms with van der Waals surface area (Å²) in [4.78, 5) is 16.6. The second-order valence-corrected chi connectivity index (χ2v) is 14.3.